The monoisotopic (exact) mass is 408 g/mol. The van der Waals surface area contributed by atoms with E-state index in [0.717, 1.165) is 23.3 Å². The number of benzene rings is 1. The minimum Gasteiger partial charge on any atom is -0.439 e. The SMILES string of the molecule is Cc1cc(Cl)ccc1Oc1ccc(CCNc2ncnc(Cl)c2Cl)cn1. The summed E-state index contributed by atoms with van der Waals surface area (Å²) in [4.78, 5) is 12.2. The molecule has 3 rings (SSSR count). The number of halogens is 3. The molecule has 0 aliphatic carbocycles. The number of ether oxygens (including phenoxy) is 1. The molecule has 0 fully saturated rings. The first-order chi connectivity index (χ1) is 12.5. The Bertz CT molecular complexity index is 903. The first kappa shape index (κ1) is 18.7. The fraction of sp³-hybridized carbons (Fsp3) is 0.167. The van der Waals surface area contributed by atoms with Crippen molar-refractivity contribution in [1.82, 2.24) is 15.0 Å². The summed E-state index contributed by atoms with van der Waals surface area (Å²) in [6, 6.07) is 9.26. The molecule has 0 aliphatic rings. The lowest BCUT2D eigenvalue weighted by atomic mass is 10.2. The summed E-state index contributed by atoms with van der Waals surface area (Å²) in [6.45, 7) is 2.57. The molecular formula is C18H15Cl3N4O. The van der Waals surface area contributed by atoms with E-state index in [2.05, 4.69) is 20.3 Å². The maximum Gasteiger partial charge on any atom is 0.219 e. The first-order valence-corrected chi connectivity index (χ1v) is 8.95. The molecule has 0 amide bonds. The fourth-order valence-corrected chi connectivity index (χ4v) is 2.78. The third kappa shape index (κ3) is 4.75. The Hall–Kier alpha value is -2.08. The number of aryl methyl sites for hydroxylation is 1. The quantitative estimate of drug-likeness (QED) is 0.538. The maximum absolute atomic E-state index is 6.04. The zero-order valence-electron chi connectivity index (χ0n) is 13.8. The van der Waals surface area contributed by atoms with E-state index < -0.39 is 0 Å². The van der Waals surface area contributed by atoms with E-state index in [4.69, 9.17) is 39.5 Å². The summed E-state index contributed by atoms with van der Waals surface area (Å²) in [5.41, 5.74) is 2.00. The van der Waals surface area contributed by atoms with E-state index in [1.165, 1.54) is 6.33 Å². The van der Waals surface area contributed by atoms with Gasteiger partial charge < -0.3 is 10.1 Å². The highest BCUT2D eigenvalue weighted by Crippen LogP contribution is 2.27. The van der Waals surface area contributed by atoms with Crippen molar-refractivity contribution in [2.75, 3.05) is 11.9 Å². The molecule has 1 aromatic carbocycles. The molecule has 0 bridgehead atoms. The van der Waals surface area contributed by atoms with Gasteiger partial charge in [-0.05, 0) is 42.7 Å². The average molecular weight is 410 g/mol. The maximum atomic E-state index is 6.04. The molecule has 134 valence electrons. The van der Waals surface area contributed by atoms with E-state index in [1.54, 1.807) is 12.3 Å². The topological polar surface area (TPSA) is 59.9 Å². The molecule has 2 aromatic heterocycles. The second-order valence-corrected chi connectivity index (χ2v) is 6.69. The Morgan fingerprint density at radius 1 is 1.04 bits per heavy atom. The number of nitrogens with zero attached hydrogens (tertiary/aromatic N) is 3. The van der Waals surface area contributed by atoms with Crippen molar-refractivity contribution in [2.24, 2.45) is 0 Å². The van der Waals surface area contributed by atoms with E-state index in [-0.39, 0.29) is 5.15 Å². The number of pyridine rings is 1. The Balaban J connectivity index is 1.57. The molecule has 0 radical (unpaired) electrons. The number of aromatic nitrogens is 3. The number of hydrogen-bond acceptors (Lipinski definition) is 5. The van der Waals surface area contributed by atoms with Crippen molar-refractivity contribution in [1.29, 1.82) is 0 Å². The first-order valence-electron chi connectivity index (χ1n) is 7.82. The highest BCUT2D eigenvalue weighted by Gasteiger charge is 2.07. The fourth-order valence-electron chi connectivity index (χ4n) is 2.26. The molecular weight excluding hydrogens is 395 g/mol. The summed E-state index contributed by atoms with van der Waals surface area (Å²) in [6.07, 6.45) is 3.88. The summed E-state index contributed by atoms with van der Waals surface area (Å²) in [5, 5.41) is 4.35. The van der Waals surface area contributed by atoms with Crippen LogP contribution in [0.3, 0.4) is 0 Å². The predicted molar refractivity (Wildman–Crippen MR) is 105 cm³/mol. The van der Waals surface area contributed by atoms with Crippen molar-refractivity contribution in [3.63, 3.8) is 0 Å². The number of rotatable bonds is 6. The van der Waals surface area contributed by atoms with Gasteiger partial charge in [-0.25, -0.2) is 15.0 Å². The molecule has 2 heterocycles. The normalized spacial score (nSPS) is 10.6. The van der Waals surface area contributed by atoms with Gasteiger partial charge in [-0.2, -0.15) is 0 Å². The van der Waals surface area contributed by atoms with Crippen LogP contribution in [0.2, 0.25) is 15.2 Å². The number of anilines is 1. The largest absolute Gasteiger partial charge is 0.439 e. The second kappa shape index (κ2) is 8.54. The van der Waals surface area contributed by atoms with E-state index in [0.29, 0.717) is 28.3 Å². The third-order valence-corrected chi connectivity index (χ3v) is 4.58. The van der Waals surface area contributed by atoms with E-state index in [9.17, 15) is 0 Å². The van der Waals surface area contributed by atoms with E-state index >= 15 is 0 Å². The van der Waals surface area contributed by atoms with Crippen LogP contribution in [0.15, 0.2) is 42.9 Å². The molecule has 0 atom stereocenters. The number of hydrogen-bond donors (Lipinski definition) is 1. The van der Waals surface area contributed by atoms with Gasteiger partial charge in [0.05, 0.1) is 0 Å². The Morgan fingerprint density at radius 2 is 1.88 bits per heavy atom. The van der Waals surface area contributed by atoms with Crippen LogP contribution >= 0.6 is 34.8 Å². The van der Waals surface area contributed by atoms with Gasteiger partial charge >= 0.3 is 0 Å². The molecule has 0 saturated carbocycles. The standard InChI is InChI=1S/C18H15Cl3N4O/c1-11-8-13(19)3-4-14(11)26-15-5-2-12(9-23-15)6-7-22-18-16(20)17(21)24-10-25-18/h2-5,8-10H,6-7H2,1H3,(H,22,24,25). The molecule has 3 aromatic rings. The van der Waals surface area contributed by atoms with E-state index in [1.807, 2.05) is 31.2 Å². The van der Waals surface area contributed by atoms with Gasteiger partial charge in [0.15, 0.2) is 5.15 Å². The Kier molecular flexibility index (Phi) is 6.14. The van der Waals surface area contributed by atoms with Crippen LogP contribution in [-0.2, 0) is 6.42 Å². The minimum atomic E-state index is 0.227. The molecule has 26 heavy (non-hydrogen) atoms. The van der Waals surface area contributed by atoms with Crippen LogP contribution in [0.4, 0.5) is 5.82 Å². The lowest BCUT2D eigenvalue weighted by Crippen LogP contribution is -2.07. The van der Waals surface area contributed by atoms with Crippen molar-refractivity contribution in [2.45, 2.75) is 13.3 Å². The second-order valence-electron chi connectivity index (χ2n) is 5.52. The van der Waals surface area contributed by atoms with Crippen molar-refractivity contribution >= 4 is 40.6 Å². The smallest absolute Gasteiger partial charge is 0.219 e. The van der Waals surface area contributed by atoms with Gasteiger partial charge in [-0.15, -0.1) is 0 Å². The third-order valence-electron chi connectivity index (χ3n) is 3.60. The van der Waals surface area contributed by atoms with Gasteiger partial charge in [-0.3, -0.25) is 0 Å². The summed E-state index contributed by atoms with van der Waals surface area (Å²) < 4.78 is 5.79. The number of nitrogens with one attached hydrogen (secondary N) is 1. The van der Waals surface area contributed by atoms with Crippen LogP contribution in [0.1, 0.15) is 11.1 Å². The van der Waals surface area contributed by atoms with Crippen molar-refractivity contribution in [3.8, 4) is 11.6 Å². The van der Waals surface area contributed by atoms with Crippen LogP contribution in [0.25, 0.3) is 0 Å². The van der Waals surface area contributed by atoms with Crippen LogP contribution in [0, 0.1) is 6.92 Å². The summed E-state index contributed by atoms with van der Waals surface area (Å²) in [7, 11) is 0. The average Bonchev–Trinajstić information content (AvgIpc) is 2.62. The lowest BCUT2D eigenvalue weighted by Gasteiger charge is -2.09. The van der Waals surface area contributed by atoms with Gasteiger partial charge in [-0.1, -0.05) is 40.9 Å². The van der Waals surface area contributed by atoms with Crippen LogP contribution in [-0.4, -0.2) is 21.5 Å². The Labute approximate surface area is 166 Å². The lowest BCUT2D eigenvalue weighted by molar-refractivity contribution is 0.459. The minimum absolute atomic E-state index is 0.227. The van der Waals surface area contributed by atoms with Crippen molar-refractivity contribution in [3.05, 3.63) is 69.2 Å². The van der Waals surface area contributed by atoms with Crippen LogP contribution < -0.4 is 10.1 Å². The van der Waals surface area contributed by atoms with Crippen molar-refractivity contribution < 1.29 is 4.74 Å². The highest BCUT2D eigenvalue weighted by molar-refractivity contribution is 6.42. The van der Waals surface area contributed by atoms with Gasteiger partial charge in [0, 0.05) is 23.8 Å². The van der Waals surface area contributed by atoms with Crippen LogP contribution in [0.5, 0.6) is 11.6 Å². The molecule has 5 nitrogen and oxygen atoms in total. The molecule has 0 aliphatic heterocycles. The molecule has 8 heteroatoms. The van der Waals surface area contributed by atoms with Gasteiger partial charge in [0.2, 0.25) is 5.88 Å². The molecule has 0 spiro atoms. The highest BCUT2D eigenvalue weighted by atomic mass is 35.5. The zero-order valence-corrected chi connectivity index (χ0v) is 16.1. The van der Waals surface area contributed by atoms with Gasteiger partial charge in [0.1, 0.15) is 22.9 Å². The summed E-state index contributed by atoms with van der Waals surface area (Å²) >= 11 is 17.8. The molecule has 0 unspecified atom stereocenters. The molecule has 0 saturated heterocycles. The summed E-state index contributed by atoms with van der Waals surface area (Å²) in [5.74, 6) is 1.77. The Morgan fingerprint density at radius 3 is 2.62 bits per heavy atom. The predicted octanol–water partition coefficient (Wildman–Crippen LogP) is 5.59. The zero-order chi connectivity index (χ0) is 18.5. The molecule has 1 N–H and O–H groups in total. The van der Waals surface area contributed by atoms with Gasteiger partial charge in [0.25, 0.3) is 0 Å².